The first-order valence-corrected chi connectivity index (χ1v) is 8.54. The van der Waals surface area contributed by atoms with Gasteiger partial charge in [-0.3, -0.25) is 5.32 Å². The summed E-state index contributed by atoms with van der Waals surface area (Å²) in [5, 5.41) is 18.0. The first-order chi connectivity index (χ1) is 12.1. The van der Waals surface area contributed by atoms with Crippen LogP contribution in [0.4, 0.5) is 15.3 Å². The molecular formula is C18H29N3O5. The minimum Gasteiger partial charge on any atom is -0.508 e. The van der Waals surface area contributed by atoms with Crippen LogP contribution < -0.4 is 16.0 Å². The molecule has 146 valence electrons. The van der Waals surface area contributed by atoms with Crippen molar-refractivity contribution in [1.29, 1.82) is 0 Å². The van der Waals surface area contributed by atoms with E-state index in [-0.39, 0.29) is 18.4 Å². The molecule has 0 saturated carbocycles. The van der Waals surface area contributed by atoms with Crippen molar-refractivity contribution in [3.8, 4) is 5.75 Å². The third kappa shape index (κ3) is 8.06. The number of aromatic hydroxyl groups is 1. The average Bonchev–Trinajstić information content (AvgIpc) is 2.51. The van der Waals surface area contributed by atoms with E-state index in [4.69, 9.17) is 9.47 Å². The molecule has 1 aromatic rings. The maximum Gasteiger partial charge on any atom is 0.412 e. The summed E-state index contributed by atoms with van der Waals surface area (Å²) in [5.41, 5.74) is 0.194. The molecule has 8 nitrogen and oxygen atoms in total. The van der Waals surface area contributed by atoms with Gasteiger partial charge in [-0.15, -0.1) is 0 Å². The Bertz CT molecular complexity index is 613. The van der Waals surface area contributed by atoms with Crippen molar-refractivity contribution in [1.82, 2.24) is 10.6 Å². The highest BCUT2D eigenvalue weighted by molar-refractivity contribution is 5.86. The predicted molar refractivity (Wildman–Crippen MR) is 99.3 cm³/mol. The van der Waals surface area contributed by atoms with Gasteiger partial charge in [0.1, 0.15) is 18.0 Å². The quantitative estimate of drug-likeness (QED) is 0.590. The van der Waals surface area contributed by atoms with Crippen molar-refractivity contribution < 1.29 is 24.2 Å². The van der Waals surface area contributed by atoms with Gasteiger partial charge in [-0.25, -0.2) is 9.59 Å². The number of carbonyl (C=O) groups excluding carboxylic acids is 2. The van der Waals surface area contributed by atoms with E-state index in [1.165, 1.54) is 12.1 Å². The van der Waals surface area contributed by atoms with Crippen LogP contribution in [-0.2, 0) is 16.1 Å². The summed E-state index contributed by atoms with van der Waals surface area (Å²) in [6.45, 7) is 7.78. The number of nitrogens with one attached hydrogen (secondary N) is 3. The number of phenolic OH excluding ortho intramolecular Hbond substituents is 1. The smallest absolute Gasteiger partial charge is 0.412 e. The Balaban J connectivity index is 2.72. The molecule has 4 N–H and O–H groups in total. The number of carbonyl (C=O) groups is 2. The van der Waals surface area contributed by atoms with E-state index >= 15 is 0 Å². The zero-order chi connectivity index (χ0) is 19.7. The van der Waals surface area contributed by atoms with Gasteiger partial charge in [-0.2, -0.15) is 0 Å². The molecule has 0 spiro atoms. The van der Waals surface area contributed by atoms with Gasteiger partial charge in [-0.05, 0) is 46.4 Å². The summed E-state index contributed by atoms with van der Waals surface area (Å²) in [5.74, 6) is -0.0238. The molecule has 1 atom stereocenters. The maximum atomic E-state index is 11.9. The normalized spacial score (nSPS) is 12.2. The molecule has 1 aromatic carbocycles. The first-order valence-electron chi connectivity index (χ1n) is 8.54. The van der Waals surface area contributed by atoms with Crippen LogP contribution in [-0.4, -0.2) is 42.5 Å². The Hall–Kier alpha value is -2.48. The number of anilines is 1. The number of alkyl carbamates (subject to hydrolysis) is 1. The number of hydrogen-bond donors (Lipinski definition) is 4. The number of amides is 2. The lowest BCUT2D eigenvalue weighted by atomic mass is 10.2. The molecule has 0 saturated heterocycles. The minimum absolute atomic E-state index is 0.0238. The number of hydrogen-bond acceptors (Lipinski definition) is 6. The van der Waals surface area contributed by atoms with E-state index in [2.05, 4.69) is 16.0 Å². The second kappa shape index (κ2) is 9.86. The largest absolute Gasteiger partial charge is 0.508 e. The van der Waals surface area contributed by atoms with Crippen molar-refractivity contribution >= 4 is 17.9 Å². The van der Waals surface area contributed by atoms with Crippen LogP contribution in [0.25, 0.3) is 0 Å². The second-order valence-corrected chi connectivity index (χ2v) is 6.85. The monoisotopic (exact) mass is 367 g/mol. The number of benzene rings is 1. The number of ether oxygens (including phenoxy) is 2. The lowest BCUT2D eigenvalue weighted by Gasteiger charge is -2.20. The second-order valence-electron chi connectivity index (χ2n) is 6.85. The Labute approximate surface area is 154 Å². The fraction of sp³-hybridized carbons (Fsp3) is 0.556. The Morgan fingerprint density at radius 1 is 1.23 bits per heavy atom. The van der Waals surface area contributed by atoms with Crippen LogP contribution in [0.5, 0.6) is 5.75 Å². The number of rotatable bonds is 7. The average molecular weight is 367 g/mol. The number of likely N-dealkylation sites (N-methyl/N-ethyl adjacent to an activating group) is 1. The van der Waals surface area contributed by atoms with E-state index in [1.807, 2.05) is 6.92 Å². The van der Waals surface area contributed by atoms with E-state index in [0.717, 1.165) is 6.42 Å². The van der Waals surface area contributed by atoms with E-state index in [1.54, 1.807) is 33.9 Å². The highest BCUT2D eigenvalue weighted by Gasteiger charge is 2.18. The van der Waals surface area contributed by atoms with Gasteiger partial charge in [0.15, 0.2) is 0 Å². The van der Waals surface area contributed by atoms with Crippen LogP contribution in [0.15, 0.2) is 18.2 Å². The molecule has 2 amide bonds. The SMILES string of the molecule is CC[C@@H](CNC)NC(=O)OCc1ccc(O)cc1NC(=O)OC(C)(C)C. The standard InChI is InChI=1S/C18H29N3O5/c1-6-13(10-19-5)20-16(23)25-11-12-7-8-14(22)9-15(12)21-17(24)26-18(2,3)4/h7-9,13,19,22H,6,10-11H2,1-5H3,(H,20,23)(H,21,24)/t13-/m0/s1. The number of phenols is 1. The van der Waals surface area contributed by atoms with Crippen LogP contribution in [0.2, 0.25) is 0 Å². The summed E-state index contributed by atoms with van der Waals surface area (Å²) in [6, 6.07) is 4.36. The summed E-state index contributed by atoms with van der Waals surface area (Å²) < 4.78 is 10.4. The fourth-order valence-corrected chi connectivity index (χ4v) is 2.12. The van der Waals surface area contributed by atoms with Gasteiger partial charge < -0.3 is 25.2 Å². The molecule has 0 aliphatic heterocycles. The molecule has 0 heterocycles. The highest BCUT2D eigenvalue weighted by atomic mass is 16.6. The van der Waals surface area contributed by atoms with Crippen molar-refractivity contribution in [3.05, 3.63) is 23.8 Å². The molecule has 0 bridgehead atoms. The van der Waals surface area contributed by atoms with Crippen LogP contribution in [0.3, 0.4) is 0 Å². The molecule has 0 aliphatic carbocycles. The lowest BCUT2D eigenvalue weighted by Crippen LogP contribution is -2.40. The van der Waals surface area contributed by atoms with Crippen LogP contribution in [0.1, 0.15) is 39.7 Å². The molecular weight excluding hydrogens is 338 g/mol. The fourth-order valence-electron chi connectivity index (χ4n) is 2.12. The lowest BCUT2D eigenvalue weighted by molar-refractivity contribution is 0.0635. The first kappa shape index (κ1) is 21.6. The topological polar surface area (TPSA) is 109 Å². The van der Waals surface area contributed by atoms with E-state index in [0.29, 0.717) is 17.8 Å². The van der Waals surface area contributed by atoms with E-state index < -0.39 is 17.8 Å². The predicted octanol–water partition coefficient (Wildman–Crippen LogP) is 2.96. The van der Waals surface area contributed by atoms with Gasteiger partial charge in [-0.1, -0.05) is 6.92 Å². The molecule has 0 fully saturated rings. The van der Waals surface area contributed by atoms with Gasteiger partial charge in [0.25, 0.3) is 0 Å². The Morgan fingerprint density at radius 2 is 1.92 bits per heavy atom. The molecule has 26 heavy (non-hydrogen) atoms. The van der Waals surface area contributed by atoms with Crippen molar-refractivity contribution in [2.45, 2.75) is 52.4 Å². The summed E-state index contributed by atoms with van der Waals surface area (Å²) in [7, 11) is 1.81. The Morgan fingerprint density at radius 3 is 2.50 bits per heavy atom. The van der Waals surface area contributed by atoms with Gasteiger partial charge >= 0.3 is 12.2 Å². The van der Waals surface area contributed by atoms with Crippen LogP contribution in [0, 0.1) is 0 Å². The third-order valence-corrected chi connectivity index (χ3v) is 3.35. The molecule has 8 heteroatoms. The summed E-state index contributed by atoms with van der Waals surface area (Å²) in [4.78, 5) is 23.9. The zero-order valence-corrected chi connectivity index (χ0v) is 16.0. The zero-order valence-electron chi connectivity index (χ0n) is 16.0. The molecule has 0 aliphatic rings. The van der Waals surface area contributed by atoms with Gasteiger partial charge in [0, 0.05) is 24.2 Å². The molecule has 0 aromatic heterocycles. The van der Waals surface area contributed by atoms with Crippen molar-refractivity contribution in [2.24, 2.45) is 0 Å². The Kier molecular flexibility index (Phi) is 8.18. The van der Waals surface area contributed by atoms with Crippen molar-refractivity contribution in [2.75, 3.05) is 18.9 Å². The maximum absolute atomic E-state index is 11.9. The highest BCUT2D eigenvalue weighted by Crippen LogP contribution is 2.23. The minimum atomic E-state index is -0.658. The third-order valence-electron chi connectivity index (χ3n) is 3.35. The summed E-state index contributed by atoms with van der Waals surface area (Å²) >= 11 is 0. The molecule has 1 rings (SSSR count). The van der Waals surface area contributed by atoms with Gasteiger partial charge in [0.05, 0.1) is 5.69 Å². The van der Waals surface area contributed by atoms with E-state index in [9.17, 15) is 14.7 Å². The molecule has 0 unspecified atom stereocenters. The summed E-state index contributed by atoms with van der Waals surface area (Å²) in [6.07, 6.45) is -0.446. The van der Waals surface area contributed by atoms with Gasteiger partial charge in [0.2, 0.25) is 0 Å². The van der Waals surface area contributed by atoms with Crippen molar-refractivity contribution in [3.63, 3.8) is 0 Å². The molecule has 0 radical (unpaired) electrons. The van der Waals surface area contributed by atoms with Crippen LogP contribution >= 0.6 is 0 Å².